The minimum absolute atomic E-state index is 0.0552. The van der Waals surface area contributed by atoms with E-state index in [9.17, 15) is 9.59 Å². The number of likely N-dealkylation sites (N-methyl/N-ethyl adjacent to an activating group) is 1. The van der Waals surface area contributed by atoms with E-state index in [0.717, 1.165) is 32.2 Å². The summed E-state index contributed by atoms with van der Waals surface area (Å²) in [4.78, 5) is 25.3. The van der Waals surface area contributed by atoms with Crippen LogP contribution >= 0.6 is 0 Å². The zero-order valence-electron chi connectivity index (χ0n) is 11.5. The highest BCUT2D eigenvalue weighted by molar-refractivity contribution is 5.87. The van der Waals surface area contributed by atoms with Crippen molar-refractivity contribution in [2.45, 2.75) is 51.6 Å². The van der Waals surface area contributed by atoms with Gasteiger partial charge in [0.1, 0.15) is 6.04 Å². The molecule has 1 amide bonds. The molecule has 1 rings (SSSR count). The van der Waals surface area contributed by atoms with Crippen LogP contribution in [0.5, 0.6) is 0 Å². The molecule has 0 aromatic heterocycles. The molecular formula is C13H24N2O3. The number of carbonyl (C=O) groups excluding carboxylic acids is 1. The molecule has 1 aliphatic heterocycles. The van der Waals surface area contributed by atoms with E-state index >= 15 is 0 Å². The Kier molecular flexibility index (Phi) is 5.59. The van der Waals surface area contributed by atoms with Gasteiger partial charge in [0.15, 0.2) is 0 Å². The highest BCUT2D eigenvalue weighted by atomic mass is 16.4. The van der Waals surface area contributed by atoms with Crippen molar-refractivity contribution in [2.24, 2.45) is 5.92 Å². The van der Waals surface area contributed by atoms with Gasteiger partial charge in [0.05, 0.1) is 6.04 Å². The first-order chi connectivity index (χ1) is 8.47. The lowest BCUT2D eigenvalue weighted by molar-refractivity contribution is -0.144. The fourth-order valence-electron chi connectivity index (χ4n) is 2.34. The lowest BCUT2D eigenvalue weighted by atomic mass is 9.97. The first-order valence-electron chi connectivity index (χ1n) is 6.70. The van der Waals surface area contributed by atoms with Gasteiger partial charge in [-0.15, -0.1) is 0 Å². The molecule has 104 valence electrons. The maximum Gasteiger partial charge on any atom is 0.326 e. The van der Waals surface area contributed by atoms with Gasteiger partial charge in [0.25, 0.3) is 0 Å². The summed E-state index contributed by atoms with van der Waals surface area (Å²) < 4.78 is 0. The molecule has 1 aliphatic rings. The van der Waals surface area contributed by atoms with Crippen LogP contribution in [-0.4, -0.2) is 47.6 Å². The number of hydrogen-bond donors (Lipinski definition) is 2. The van der Waals surface area contributed by atoms with Gasteiger partial charge in [-0.05, 0) is 32.4 Å². The van der Waals surface area contributed by atoms with Gasteiger partial charge in [-0.3, -0.25) is 9.69 Å². The Bertz CT molecular complexity index is 307. The van der Waals surface area contributed by atoms with Crippen LogP contribution in [-0.2, 0) is 9.59 Å². The van der Waals surface area contributed by atoms with Crippen LogP contribution in [0.15, 0.2) is 0 Å². The molecule has 1 heterocycles. The lowest BCUT2D eigenvalue weighted by Gasteiger charge is -2.32. The topological polar surface area (TPSA) is 69.6 Å². The van der Waals surface area contributed by atoms with Crippen molar-refractivity contribution in [2.75, 3.05) is 13.6 Å². The van der Waals surface area contributed by atoms with Gasteiger partial charge in [0.2, 0.25) is 5.91 Å². The predicted octanol–water partition coefficient (Wildman–Crippen LogP) is 1.09. The lowest BCUT2D eigenvalue weighted by Crippen LogP contribution is -2.53. The molecule has 3 atom stereocenters. The smallest absolute Gasteiger partial charge is 0.326 e. The van der Waals surface area contributed by atoms with Crippen molar-refractivity contribution in [3.63, 3.8) is 0 Å². The zero-order chi connectivity index (χ0) is 13.7. The number of piperidine rings is 1. The van der Waals surface area contributed by atoms with Crippen LogP contribution in [0.1, 0.15) is 39.5 Å². The Hall–Kier alpha value is -1.10. The zero-order valence-corrected chi connectivity index (χ0v) is 11.5. The largest absolute Gasteiger partial charge is 0.480 e. The van der Waals surface area contributed by atoms with Crippen molar-refractivity contribution >= 4 is 11.9 Å². The Morgan fingerprint density at radius 2 is 2.11 bits per heavy atom. The number of carbonyl (C=O) groups is 2. The summed E-state index contributed by atoms with van der Waals surface area (Å²) in [5, 5.41) is 11.8. The summed E-state index contributed by atoms with van der Waals surface area (Å²) in [5.74, 6) is -1.15. The maximum absolute atomic E-state index is 12.1. The Labute approximate surface area is 109 Å². The molecule has 5 heteroatoms. The summed E-state index contributed by atoms with van der Waals surface area (Å²) in [6, 6.07) is -0.956. The third-order valence-electron chi connectivity index (χ3n) is 3.85. The number of nitrogens with one attached hydrogen (secondary N) is 1. The molecule has 5 nitrogen and oxygen atoms in total. The molecule has 1 unspecified atom stereocenters. The van der Waals surface area contributed by atoms with Gasteiger partial charge in [-0.1, -0.05) is 26.7 Å². The van der Waals surface area contributed by atoms with Crippen LogP contribution in [0.2, 0.25) is 0 Å². The van der Waals surface area contributed by atoms with E-state index in [4.69, 9.17) is 5.11 Å². The highest BCUT2D eigenvalue weighted by Crippen LogP contribution is 2.16. The molecule has 0 saturated carbocycles. The van der Waals surface area contributed by atoms with E-state index in [1.807, 2.05) is 25.8 Å². The van der Waals surface area contributed by atoms with Crippen molar-refractivity contribution in [1.29, 1.82) is 0 Å². The second-order valence-electron chi connectivity index (χ2n) is 5.20. The Balaban J connectivity index is 2.63. The maximum atomic E-state index is 12.1. The molecule has 18 heavy (non-hydrogen) atoms. The molecule has 0 spiro atoms. The average molecular weight is 256 g/mol. The average Bonchev–Trinajstić information content (AvgIpc) is 2.35. The number of rotatable bonds is 5. The minimum atomic E-state index is -0.948. The summed E-state index contributed by atoms with van der Waals surface area (Å²) >= 11 is 0. The number of nitrogens with zero attached hydrogens (tertiary/aromatic N) is 1. The van der Waals surface area contributed by atoms with E-state index in [2.05, 4.69) is 5.32 Å². The van der Waals surface area contributed by atoms with Crippen LogP contribution in [0.25, 0.3) is 0 Å². The number of likely N-dealkylation sites (tertiary alicyclic amines) is 1. The van der Waals surface area contributed by atoms with E-state index in [0.29, 0.717) is 0 Å². The number of aliphatic carboxylic acids is 1. The second-order valence-corrected chi connectivity index (χ2v) is 5.20. The molecule has 0 aliphatic carbocycles. The van der Waals surface area contributed by atoms with Crippen LogP contribution in [0.3, 0.4) is 0 Å². The van der Waals surface area contributed by atoms with Crippen molar-refractivity contribution in [3.8, 4) is 0 Å². The van der Waals surface area contributed by atoms with Crippen LogP contribution in [0.4, 0.5) is 0 Å². The van der Waals surface area contributed by atoms with Crippen molar-refractivity contribution < 1.29 is 14.7 Å². The second kappa shape index (κ2) is 6.73. The van der Waals surface area contributed by atoms with Crippen molar-refractivity contribution in [1.82, 2.24) is 10.2 Å². The van der Waals surface area contributed by atoms with Crippen LogP contribution in [0, 0.1) is 5.92 Å². The Morgan fingerprint density at radius 1 is 1.44 bits per heavy atom. The third-order valence-corrected chi connectivity index (χ3v) is 3.85. The SMILES string of the molecule is CC[C@H](C)C(NC(=O)[C@H]1CCCCN1C)C(=O)O. The summed E-state index contributed by atoms with van der Waals surface area (Å²) in [7, 11) is 1.92. The normalized spacial score (nSPS) is 24.3. The van der Waals surface area contributed by atoms with Gasteiger partial charge in [-0.2, -0.15) is 0 Å². The van der Waals surface area contributed by atoms with E-state index in [1.165, 1.54) is 0 Å². The van der Waals surface area contributed by atoms with E-state index < -0.39 is 12.0 Å². The van der Waals surface area contributed by atoms with Gasteiger partial charge < -0.3 is 10.4 Å². The molecular weight excluding hydrogens is 232 g/mol. The monoisotopic (exact) mass is 256 g/mol. The number of hydrogen-bond acceptors (Lipinski definition) is 3. The summed E-state index contributed by atoms with van der Waals surface area (Å²) in [5.41, 5.74) is 0. The number of carboxylic acid groups (broad SMARTS) is 1. The first kappa shape index (κ1) is 15.0. The molecule has 0 bridgehead atoms. The summed E-state index contributed by atoms with van der Waals surface area (Å²) in [6.07, 6.45) is 3.68. The third kappa shape index (κ3) is 3.70. The van der Waals surface area contributed by atoms with E-state index in [1.54, 1.807) is 0 Å². The fourth-order valence-corrected chi connectivity index (χ4v) is 2.34. The minimum Gasteiger partial charge on any atom is -0.480 e. The fraction of sp³-hybridized carbons (Fsp3) is 0.846. The van der Waals surface area contributed by atoms with E-state index in [-0.39, 0.29) is 17.9 Å². The van der Waals surface area contributed by atoms with Gasteiger partial charge in [0, 0.05) is 0 Å². The molecule has 2 N–H and O–H groups in total. The van der Waals surface area contributed by atoms with Crippen LogP contribution < -0.4 is 5.32 Å². The number of amides is 1. The Morgan fingerprint density at radius 3 is 2.61 bits per heavy atom. The quantitative estimate of drug-likeness (QED) is 0.772. The summed E-state index contributed by atoms with van der Waals surface area (Å²) in [6.45, 7) is 4.68. The molecule has 0 aromatic carbocycles. The molecule has 0 radical (unpaired) electrons. The molecule has 1 fully saturated rings. The van der Waals surface area contributed by atoms with Crippen molar-refractivity contribution in [3.05, 3.63) is 0 Å². The molecule has 1 saturated heterocycles. The molecule has 0 aromatic rings. The highest BCUT2D eigenvalue weighted by Gasteiger charge is 2.31. The predicted molar refractivity (Wildman–Crippen MR) is 69.3 cm³/mol. The standard InChI is InChI=1S/C13H24N2O3/c1-4-9(2)11(13(17)18)14-12(16)10-7-5-6-8-15(10)3/h9-11H,4-8H2,1-3H3,(H,14,16)(H,17,18)/t9-,10+,11?/m0/s1. The number of carboxylic acids is 1. The first-order valence-corrected chi connectivity index (χ1v) is 6.70. The van der Waals surface area contributed by atoms with Gasteiger partial charge >= 0.3 is 5.97 Å². The van der Waals surface area contributed by atoms with Gasteiger partial charge in [-0.25, -0.2) is 4.79 Å².